The van der Waals surface area contributed by atoms with E-state index in [0.29, 0.717) is 5.75 Å². The molecule has 18 heavy (non-hydrogen) atoms. The van der Waals surface area contributed by atoms with Crippen LogP contribution < -0.4 is 4.74 Å². The van der Waals surface area contributed by atoms with Gasteiger partial charge >= 0.3 is 5.97 Å². The van der Waals surface area contributed by atoms with Gasteiger partial charge in [0.1, 0.15) is 5.75 Å². The molecule has 1 rings (SSSR count). The molecular formula is C12H14ClNO4. The van der Waals surface area contributed by atoms with Gasteiger partial charge in [0.2, 0.25) is 0 Å². The number of likely N-dealkylation sites (N-methyl/N-ethyl adjacent to an activating group) is 1. The summed E-state index contributed by atoms with van der Waals surface area (Å²) in [4.78, 5) is 23.9. The Morgan fingerprint density at radius 2 is 2.00 bits per heavy atom. The number of carbonyl (C=O) groups excluding carboxylic acids is 1. The zero-order valence-corrected chi connectivity index (χ0v) is 11.1. The highest BCUT2D eigenvalue weighted by Crippen LogP contribution is 2.23. The highest BCUT2D eigenvalue weighted by molar-refractivity contribution is 6.33. The minimum Gasteiger partial charge on any atom is -0.481 e. The molecular weight excluding hydrogens is 258 g/mol. The average Bonchev–Trinajstić information content (AvgIpc) is 2.29. The Balaban J connectivity index is 2.89. The summed E-state index contributed by atoms with van der Waals surface area (Å²) in [6.45, 7) is 1.59. The number of aromatic carboxylic acids is 1. The van der Waals surface area contributed by atoms with Crippen molar-refractivity contribution in [3.8, 4) is 5.75 Å². The van der Waals surface area contributed by atoms with E-state index in [2.05, 4.69) is 0 Å². The normalized spacial score (nSPS) is 11.8. The lowest BCUT2D eigenvalue weighted by atomic mass is 10.2. The van der Waals surface area contributed by atoms with Gasteiger partial charge in [-0.25, -0.2) is 4.79 Å². The second kappa shape index (κ2) is 5.73. The monoisotopic (exact) mass is 271 g/mol. The fraction of sp³-hybridized carbons (Fsp3) is 0.333. The standard InChI is InChI=1S/C12H14ClNO4/c1-7(11(15)14(2)3)18-8-4-5-10(13)9(6-8)12(16)17/h4-7H,1-3H3,(H,16,17). The van der Waals surface area contributed by atoms with Crippen molar-refractivity contribution in [3.63, 3.8) is 0 Å². The first kappa shape index (κ1) is 14.3. The molecule has 0 bridgehead atoms. The lowest BCUT2D eigenvalue weighted by molar-refractivity contribution is -0.135. The summed E-state index contributed by atoms with van der Waals surface area (Å²) < 4.78 is 5.37. The number of carbonyl (C=O) groups is 2. The molecule has 0 aliphatic heterocycles. The van der Waals surface area contributed by atoms with Crippen LogP contribution in [0.15, 0.2) is 18.2 Å². The molecule has 1 aromatic carbocycles. The van der Waals surface area contributed by atoms with E-state index in [4.69, 9.17) is 21.4 Å². The molecule has 1 unspecified atom stereocenters. The zero-order valence-electron chi connectivity index (χ0n) is 10.3. The molecule has 0 aromatic heterocycles. The van der Waals surface area contributed by atoms with Gasteiger partial charge in [-0.15, -0.1) is 0 Å². The predicted octanol–water partition coefficient (Wildman–Crippen LogP) is 1.89. The van der Waals surface area contributed by atoms with E-state index in [-0.39, 0.29) is 16.5 Å². The first-order valence-electron chi connectivity index (χ1n) is 5.23. The molecule has 0 spiro atoms. The van der Waals surface area contributed by atoms with Crippen molar-refractivity contribution in [2.24, 2.45) is 0 Å². The minimum atomic E-state index is -1.14. The number of amides is 1. The van der Waals surface area contributed by atoms with Gasteiger partial charge in [-0.2, -0.15) is 0 Å². The number of rotatable bonds is 4. The summed E-state index contributed by atoms with van der Waals surface area (Å²) in [5.74, 6) is -1.06. The number of hydrogen-bond acceptors (Lipinski definition) is 3. The van der Waals surface area contributed by atoms with Crippen molar-refractivity contribution in [1.82, 2.24) is 4.90 Å². The summed E-state index contributed by atoms with van der Waals surface area (Å²) in [6.07, 6.45) is -0.692. The van der Waals surface area contributed by atoms with Crippen molar-refractivity contribution in [1.29, 1.82) is 0 Å². The van der Waals surface area contributed by atoms with Crippen LogP contribution in [-0.2, 0) is 4.79 Å². The molecule has 1 amide bonds. The molecule has 0 aliphatic rings. The van der Waals surface area contributed by atoms with Crippen LogP contribution in [0.1, 0.15) is 17.3 Å². The number of carboxylic acid groups (broad SMARTS) is 1. The first-order valence-corrected chi connectivity index (χ1v) is 5.61. The highest BCUT2D eigenvalue weighted by Gasteiger charge is 2.18. The van der Waals surface area contributed by atoms with Gasteiger partial charge < -0.3 is 14.7 Å². The smallest absolute Gasteiger partial charge is 0.337 e. The second-order valence-electron chi connectivity index (χ2n) is 3.94. The van der Waals surface area contributed by atoms with Crippen molar-refractivity contribution < 1.29 is 19.4 Å². The van der Waals surface area contributed by atoms with Crippen LogP contribution in [0.25, 0.3) is 0 Å². The van der Waals surface area contributed by atoms with Gasteiger partial charge in [0.15, 0.2) is 6.10 Å². The Bertz CT molecular complexity index is 473. The van der Waals surface area contributed by atoms with E-state index in [1.807, 2.05) is 0 Å². The fourth-order valence-corrected chi connectivity index (χ4v) is 1.56. The van der Waals surface area contributed by atoms with Crippen LogP contribution in [0.4, 0.5) is 0 Å². The Hall–Kier alpha value is -1.75. The zero-order chi connectivity index (χ0) is 13.9. The summed E-state index contributed by atoms with van der Waals surface area (Å²) in [6, 6.07) is 4.24. The van der Waals surface area contributed by atoms with Crippen molar-refractivity contribution in [2.75, 3.05) is 14.1 Å². The van der Waals surface area contributed by atoms with Gasteiger partial charge in [-0.05, 0) is 25.1 Å². The third-order valence-electron chi connectivity index (χ3n) is 2.27. The maximum Gasteiger partial charge on any atom is 0.337 e. The quantitative estimate of drug-likeness (QED) is 0.908. The summed E-state index contributed by atoms with van der Waals surface area (Å²) in [7, 11) is 3.24. The number of hydrogen-bond donors (Lipinski definition) is 1. The SMILES string of the molecule is CC(Oc1ccc(Cl)c(C(=O)O)c1)C(=O)N(C)C. The highest BCUT2D eigenvalue weighted by atomic mass is 35.5. The third-order valence-corrected chi connectivity index (χ3v) is 2.60. The van der Waals surface area contributed by atoms with Crippen LogP contribution in [0.2, 0.25) is 5.02 Å². The van der Waals surface area contributed by atoms with E-state index in [1.54, 1.807) is 21.0 Å². The molecule has 1 aromatic rings. The summed E-state index contributed by atoms with van der Waals surface area (Å²) in [5.41, 5.74) is -0.0568. The van der Waals surface area contributed by atoms with Crippen LogP contribution in [0.3, 0.4) is 0 Å². The maximum atomic E-state index is 11.6. The summed E-state index contributed by atoms with van der Waals surface area (Å²) >= 11 is 5.73. The molecule has 1 N–H and O–H groups in total. The lowest BCUT2D eigenvalue weighted by Gasteiger charge is -2.18. The molecule has 0 heterocycles. The van der Waals surface area contributed by atoms with E-state index in [0.717, 1.165) is 0 Å². The summed E-state index contributed by atoms with van der Waals surface area (Å²) in [5, 5.41) is 9.03. The Labute approximate surface area is 110 Å². The number of benzene rings is 1. The molecule has 98 valence electrons. The maximum absolute atomic E-state index is 11.6. The van der Waals surface area contributed by atoms with Crippen molar-refractivity contribution in [3.05, 3.63) is 28.8 Å². The number of halogens is 1. The van der Waals surface area contributed by atoms with Gasteiger partial charge in [0, 0.05) is 14.1 Å². The molecule has 0 saturated heterocycles. The van der Waals surface area contributed by atoms with Crippen LogP contribution in [-0.4, -0.2) is 42.1 Å². The Morgan fingerprint density at radius 3 is 2.50 bits per heavy atom. The fourth-order valence-electron chi connectivity index (χ4n) is 1.36. The molecule has 0 aliphatic carbocycles. The Kier molecular flexibility index (Phi) is 4.55. The van der Waals surface area contributed by atoms with Gasteiger partial charge in [0.05, 0.1) is 10.6 Å². The largest absolute Gasteiger partial charge is 0.481 e. The second-order valence-corrected chi connectivity index (χ2v) is 4.35. The Morgan fingerprint density at radius 1 is 1.39 bits per heavy atom. The molecule has 6 heteroatoms. The molecule has 0 saturated carbocycles. The lowest BCUT2D eigenvalue weighted by Crippen LogP contribution is -2.35. The number of carboxylic acids is 1. The topological polar surface area (TPSA) is 66.8 Å². The first-order chi connectivity index (χ1) is 8.32. The number of nitrogens with zero attached hydrogens (tertiary/aromatic N) is 1. The average molecular weight is 272 g/mol. The van der Waals surface area contributed by atoms with Crippen molar-refractivity contribution >= 4 is 23.5 Å². The van der Waals surface area contributed by atoms with E-state index in [9.17, 15) is 9.59 Å². The van der Waals surface area contributed by atoms with E-state index in [1.165, 1.54) is 23.1 Å². The number of ether oxygens (including phenoxy) is 1. The van der Waals surface area contributed by atoms with Crippen LogP contribution in [0, 0.1) is 0 Å². The molecule has 0 fully saturated rings. The minimum absolute atomic E-state index is 0.0568. The third kappa shape index (κ3) is 3.37. The van der Waals surface area contributed by atoms with E-state index >= 15 is 0 Å². The van der Waals surface area contributed by atoms with Gasteiger partial charge in [-0.3, -0.25) is 4.79 Å². The van der Waals surface area contributed by atoms with Crippen LogP contribution >= 0.6 is 11.6 Å². The molecule has 5 nitrogen and oxygen atoms in total. The van der Waals surface area contributed by atoms with E-state index < -0.39 is 12.1 Å². The van der Waals surface area contributed by atoms with Crippen LogP contribution in [0.5, 0.6) is 5.75 Å². The van der Waals surface area contributed by atoms with Gasteiger partial charge in [0.25, 0.3) is 5.91 Å². The molecule has 1 atom stereocenters. The molecule has 0 radical (unpaired) electrons. The predicted molar refractivity (Wildman–Crippen MR) is 67.2 cm³/mol. The van der Waals surface area contributed by atoms with Crippen molar-refractivity contribution in [2.45, 2.75) is 13.0 Å². The van der Waals surface area contributed by atoms with Gasteiger partial charge in [-0.1, -0.05) is 11.6 Å².